The largest absolute Gasteiger partial charge is 0.497 e. The van der Waals surface area contributed by atoms with Gasteiger partial charge in [0.15, 0.2) is 0 Å². The third-order valence-electron chi connectivity index (χ3n) is 3.00. The van der Waals surface area contributed by atoms with Gasteiger partial charge < -0.3 is 4.74 Å². The SMILES string of the molecule is COc1ccc(CN=Cn2nnc3ccccc32)cc1. The molecular weight excluding hydrogens is 252 g/mol. The molecule has 3 aromatic rings. The quantitative estimate of drug-likeness (QED) is 0.538. The zero-order valence-electron chi connectivity index (χ0n) is 11.1. The van der Waals surface area contributed by atoms with E-state index in [1.54, 1.807) is 18.1 Å². The van der Waals surface area contributed by atoms with E-state index >= 15 is 0 Å². The van der Waals surface area contributed by atoms with Crippen molar-refractivity contribution in [3.05, 3.63) is 54.1 Å². The number of fused-ring (bicyclic) bond motifs is 1. The summed E-state index contributed by atoms with van der Waals surface area (Å²) in [6.07, 6.45) is 1.69. The van der Waals surface area contributed by atoms with Gasteiger partial charge in [-0.05, 0) is 29.8 Å². The van der Waals surface area contributed by atoms with Crippen LogP contribution < -0.4 is 4.74 Å². The Morgan fingerprint density at radius 1 is 1.15 bits per heavy atom. The number of aliphatic imine (C=N–C) groups is 1. The molecule has 100 valence electrons. The van der Waals surface area contributed by atoms with E-state index in [-0.39, 0.29) is 0 Å². The van der Waals surface area contributed by atoms with Gasteiger partial charge in [-0.1, -0.05) is 29.5 Å². The lowest BCUT2D eigenvalue weighted by Gasteiger charge is -2.00. The summed E-state index contributed by atoms with van der Waals surface area (Å²) in [6, 6.07) is 15.6. The molecule has 2 aromatic carbocycles. The van der Waals surface area contributed by atoms with Crippen LogP contribution in [0.5, 0.6) is 5.75 Å². The molecule has 0 atom stereocenters. The number of nitrogens with zero attached hydrogens (tertiary/aromatic N) is 4. The Labute approximate surface area is 116 Å². The van der Waals surface area contributed by atoms with Crippen LogP contribution in [0.2, 0.25) is 0 Å². The molecule has 0 saturated heterocycles. The molecule has 0 spiro atoms. The lowest BCUT2D eigenvalue weighted by Crippen LogP contribution is -1.98. The Morgan fingerprint density at radius 3 is 2.75 bits per heavy atom. The summed E-state index contributed by atoms with van der Waals surface area (Å²) in [4.78, 5) is 4.38. The first kappa shape index (κ1) is 12.3. The summed E-state index contributed by atoms with van der Waals surface area (Å²) < 4.78 is 6.80. The van der Waals surface area contributed by atoms with Gasteiger partial charge in [-0.3, -0.25) is 4.99 Å². The van der Waals surface area contributed by atoms with Crippen LogP contribution in [-0.2, 0) is 6.54 Å². The van der Waals surface area contributed by atoms with Crippen LogP contribution in [0, 0.1) is 0 Å². The van der Waals surface area contributed by atoms with Gasteiger partial charge in [0.05, 0.1) is 19.2 Å². The Hall–Kier alpha value is -2.69. The second kappa shape index (κ2) is 5.52. The molecule has 0 unspecified atom stereocenters. The van der Waals surface area contributed by atoms with Gasteiger partial charge in [0.25, 0.3) is 0 Å². The maximum Gasteiger partial charge on any atom is 0.118 e. The summed E-state index contributed by atoms with van der Waals surface area (Å²) in [7, 11) is 1.66. The minimum Gasteiger partial charge on any atom is -0.497 e. The van der Waals surface area contributed by atoms with Crippen LogP contribution in [0.3, 0.4) is 0 Å². The summed E-state index contributed by atoms with van der Waals surface area (Å²) >= 11 is 0. The van der Waals surface area contributed by atoms with Gasteiger partial charge in [-0.15, -0.1) is 5.10 Å². The van der Waals surface area contributed by atoms with Crippen molar-refractivity contribution in [3.63, 3.8) is 0 Å². The van der Waals surface area contributed by atoms with E-state index in [0.717, 1.165) is 22.3 Å². The van der Waals surface area contributed by atoms with Crippen LogP contribution in [0.25, 0.3) is 11.0 Å². The number of para-hydroxylation sites is 1. The fourth-order valence-electron chi connectivity index (χ4n) is 1.93. The van der Waals surface area contributed by atoms with E-state index in [4.69, 9.17) is 4.74 Å². The van der Waals surface area contributed by atoms with E-state index in [9.17, 15) is 0 Å². The smallest absolute Gasteiger partial charge is 0.118 e. The molecular formula is C15H14N4O. The van der Waals surface area contributed by atoms with Gasteiger partial charge in [-0.2, -0.15) is 0 Å². The maximum absolute atomic E-state index is 5.12. The molecule has 3 rings (SSSR count). The minimum absolute atomic E-state index is 0.595. The Morgan fingerprint density at radius 2 is 1.95 bits per heavy atom. The highest BCUT2D eigenvalue weighted by molar-refractivity contribution is 5.80. The topological polar surface area (TPSA) is 52.3 Å². The Balaban J connectivity index is 1.73. The Bertz CT molecular complexity index is 731. The zero-order chi connectivity index (χ0) is 13.8. The first-order valence-corrected chi connectivity index (χ1v) is 6.29. The van der Waals surface area contributed by atoms with E-state index < -0.39 is 0 Å². The van der Waals surface area contributed by atoms with Crippen molar-refractivity contribution in [1.82, 2.24) is 15.0 Å². The standard InChI is InChI=1S/C15H14N4O/c1-20-13-8-6-12(7-9-13)10-16-11-19-15-5-3-2-4-14(15)17-18-19/h2-9,11H,10H2,1H3. The van der Waals surface area contributed by atoms with Crippen molar-refractivity contribution in [2.24, 2.45) is 4.99 Å². The minimum atomic E-state index is 0.595. The monoisotopic (exact) mass is 266 g/mol. The third-order valence-corrected chi connectivity index (χ3v) is 3.00. The van der Waals surface area contributed by atoms with Crippen LogP contribution >= 0.6 is 0 Å². The van der Waals surface area contributed by atoms with Gasteiger partial charge in [0.1, 0.15) is 17.6 Å². The average Bonchev–Trinajstić information content (AvgIpc) is 2.92. The molecule has 0 radical (unpaired) electrons. The molecule has 0 amide bonds. The summed E-state index contributed by atoms with van der Waals surface area (Å²) in [5.41, 5.74) is 2.93. The molecule has 20 heavy (non-hydrogen) atoms. The molecule has 1 heterocycles. The molecule has 0 bridgehead atoms. The second-order valence-corrected chi connectivity index (χ2v) is 4.33. The third kappa shape index (κ3) is 2.51. The van der Waals surface area contributed by atoms with Crippen LogP contribution in [-0.4, -0.2) is 28.4 Å². The van der Waals surface area contributed by atoms with Gasteiger partial charge in [0.2, 0.25) is 0 Å². The van der Waals surface area contributed by atoms with E-state index in [1.807, 2.05) is 48.5 Å². The Kier molecular flexibility index (Phi) is 3.41. The first-order valence-electron chi connectivity index (χ1n) is 6.29. The molecule has 0 aliphatic rings. The van der Waals surface area contributed by atoms with Crippen LogP contribution in [0.4, 0.5) is 0 Å². The van der Waals surface area contributed by atoms with Crippen molar-refractivity contribution >= 4 is 17.4 Å². The average molecular weight is 266 g/mol. The highest BCUT2D eigenvalue weighted by Crippen LogP contribution is 2.12. The van der Waals surface area contributed by atoms with Crippen LogP contribution in [0.15, 0.2) is 53.5 Å². The lowest BCUT2D eigenvalue weighted by atomic mass is 10.2. The van der Waals surface area contributed by atoms with Crippen molar-refractivity contribution in [1.29, 1.82) is 0 Å². The van der Waals surface area contributed by atoms with Crippen molar-refractivity contribution in [2.45, 2.75) is 6.54 Å². The fourth-order valence-corrected chi connectivity index (χ4v) is 1.93. The molecule has 0 saturated carbocycles. The zero-order valence-corrected chi connectivity index (χ0v) is 11.1. The second-order valence-electron chi connectivity index (χ2n) is 4.33. The molecule has 5 heteroatoms. The number of methoxy groups -OCH3 is 1. The van der Waals surface area contributed by atoms with E-state index in [0.29, 0.717) is 6.54 Å². The first-order chi connectivity index (χ1) is 9.86. The number of hydrogen-bond acceptors (Lipinski definition) is 4. The summed E-state index contributed by atoms with van der Waals surface area (Å²) in [6.45, 7) is 0.595. The molecule has 0 aliphatic carbocycles. The molecule has 0 N–H and O–H groups in total. The number of aromatic nitrogens is 3. The van der Waals surface area contributed by atoms with Crippen LogP contribution in [0.1, 0.15) is 5.56 Å². The number of ether oxygens (including phenoxy) is 1. The summed E-state index contributed by atoms with van der Waals surface area (Å²) in [5, 5.41) is 8.12. The van der Waals surface area contributed by atoms with Crippen molar-refractivity contribution in [3.8, 4) is 5.75 Å². The molecule has 0 aliphatic heterocycles. The maximum atomic E-state index is 5.12. The van der Waals surface area contributed by atoms with Gasteiger partial charge in [-0.25, -0.2) is 4.68 Å². The lowest BCUT2D eigenvalue weighted by molar-refractivity contribution is 0.414. The van der Waals surface area contributed by atoms with Crippen molar-refractivity contribution < 1.29 is 4.74 Å². The number of rotatable bonds is 4. The highest BCUT2D eigenvalue weighted by Gasteiger charge is 1.99. The number of benzene rings is 2. The highest BCUT2D eigenvalue weighted by atomic mass is 16.5. The van der Waals surface area contributed by atoms with Crippen molar-refractivity contribution in [2.75, 3.05) is 7.11 Å². The predicted octanol–water partition coefficient (Wildman–Crippen LogP) is 2.52. The molecule has 0 fully saturated rings. The molecule has 5 nitrogen and oxygen atoms in total. The predicted molar refractivity (Wildman–Crippen MR) is 78.1 cm³/mol. The molecule has 1 aromatic heterocycles. The summed E-state index contributed by atoms with van der Waals surface area (Å²) in [5.74, 6) is 0.847. The number of hydrogen-bond donors (Lipinski definition) is 0. The van der Waals surface area contributed by atoms with E-state index in [2.05, 4.69) is 15.3 Å². The van der Waals surface area contributed by atoms with E-state index in [1.165, 1.54) is 0 Å². The van der Waals surface area contributed by atoms with Gasteiger partial charge in [0, 0.05) is 0 Å². The normalized spacial score (nSPS) is 11.2. The fraction of sp³-hybridized carbons (Fsp3) is 0.133. The van der Waals surface area contributed by atoms with Gasteiger partial charge >= 0.3 is 0 Å².